The van der Waals surface area contributed by atoms with Crippen LogP contribution in [0, 0.1) is 11.8 Å². The number of ether oxygens (including phenoxy) is 2. The number of rotatable bonds is 5. The highest BCUT2D eigenvalue weighted by atomic mass is 16.7. The van der Waals surface area contributed by atoms with Gasteiger partial charge in [0.05, 0.1) is 0 Å². The van der Waals surface area contributed by atoms with Crippen LogP contribution in [0.5, 0.6) is 0 Å². The third-order valence-corrected chi connectivity index (χ3v) is 3.53. The van der Waals surface area contributed by atoms with Gasteiger partial charge in [-0.25, -0.2) is 0 Å². The highest BCUT2D eigenvalue weighted by molar-refractivity contribution is 5.25. The Hall–Kier alpha value is -1.18. The predicted molar refractivity (Wildman–Crippen MR) is 73.7 cm³/mol. The van der Waals surface area contributed by atoms with Gasteiger partial charge in [0.2, 0.25) is 6.29 Å². The van der Waals surface area contributed by atoms with E-state index < -0.39 is 0 Å². The fraction of sp³-hybridized carbons (Fsp3) is 0.625. The highest BCUT2D eigenvalue weighted by Gasteiger charge is 2.20. The molecule has 1 atom stereocenters. The fourth-order valence-corrected chi connectivity index (χ4v) is 2.94. The van der Waals surface area contributed by atoms with Gasteiger partial charge in [0, 0.05) is 6.42 Å². The summed E-state index contributed by atoms with van der Waals surface area (Å²) in [4.78, 5) is 0. The van der Waals surface area contributed by atoms with Crippen molar-refractivity contribution in [2.45, 2.75) is 52.2 Å². The van der Waals surface area contributed by atoms with Crippen molar-refractivity contribution in [1.82, 2.24) is 0 Å². The molecule has 2 nitrogen and oxygen atoms in total. The molecule has 0 saturated heterocycles. The maximum atomic E-state index is 5.31. The molecular weight excluding hydrogens is 224 g/mol. The lowest BCUT2D eigenvalue weighted by Crippen LogP contribution is -2.13. The topological polar surface area (TPSA) is 18.5 Å². The molecule has 0 aromatic carbocycles. The molecule has 1 aliphatic heterocycles. The van der Waals surface area contributed by atoms with Crippen LogP contribution >= 0.6 is 0 Å². The summed E-state index contributed by atoms with van der Waals surface area (Å²) in [5, 5.41) is 0. The van der Waals surface area contributed by atoms with Crippen molar-refractivity contribution >= 4 is 0 Å². The Morgan fingerprint density at radius 3 is 2.67 bits per heavy atom. The van der Waals surface area contributed by atoms with Crippen molar-refractivity contribution in [3.63, 3.8) is 0 Å². The molecule has 0 aromatic heterocycles. The molecule has 1 aliphatic carbocycles. The molecule has 0 radical (unpaired) electrons. The Kier molecular flexibility index (Phi) is 4.51. The first-order chi connectivity index (χ1) is 8.63. The molecule has 1 heterocycles. The van der Waals surface area contributed by atoms with E-state index in [1.54, 1.807) is 12.5 Å². The Balaban J connectivity index is 1.81. The van der Waals surface area contributed by atoms with Gasteiger partial charge in [-0.1, -0.05) is 37.6 Å². The zero-order chi connectivity index (χ0) is 13.0. The summed E-state index contributed by atoms with van der Waals surface area (Å²) in [5.41, 5.74) is 2.80. The van der Waals surface area contributed by atoms with Crippen molar-refractivity contribution in [3.05, 3.63) is 36.3 Å². The smallest absolute Gasteiger partial charge is 0.240 e. The average molecular weight is 248 g/mol. The molecule has 100 valence electrons. The Morgan fingerprint density at radius 2 is 2.00 bits per heavy atom. The number of hydrogen-bond acceptors (Lipinski definition) is 2. The van der Waals surface area contributed by atoms with Crippen LogP contribution in [-0.2, 0) is 9.47 Å². The molecule has 1 unspecified atom stereocenters. The van der Waals surface area contributed by atoms with Gasteiger partial charge in [-0.2, -0.15) is 0 Å². The van der Waals surface area contributed by atoms with E-state index in [1.165, 1.54) is 30.4 Å². The molecule has 0 bridgehead atoms. The van der Waals surface area contributed by atoms with Crippen LogP contribution in [0.2, 0.25) is 0 Å². The first kappa shape index (κ1) is 13.3. The first-order valence-corrected chi connectivity index (χ1v) is 6.96. The van der Waals surface area contributed by atoms with E-state index in [2.05, 4.69) is 26.5 Å². The summed E-state index contributed by atoms with van der Waals surface area (Å²) in [6.45, 7) is 8.75. The van der Waals surface area contributed by atoms with Gasteiger partial charge in [0.25, 0.3) is 0 Å². The van der Waals surface area contributed by atoms with Crippen LogP contribution in [0.3, 0.4) is 0 Å². The van der Waals surface area contributed by atoms with E-state index in [0.29, 0.717) is 0 Å². The van der Waals surface area contributed by atoms with Crippen molar-refractivity contribution in [1.29, 1.82) is 0 Å². The van der Waals surface area contributed by atoms with E-state index >= 15 is 0 Å². The van der Waals surface area contributed by atoms with Crippen LogP contribution in [0.1, 0.15) is 46.0 Å². The molecule has 2 rings (SSSR count). The summed E-state index contributed by atoms with van der Waals surface area (Å²) in [6.07, 6.45) is 11.1. The third kappa shape index (κ3) is 3.94. The minimum Gasteiger partial charge on any atom is -0.459 e. The van der Waals surface area contributed by atoms with Gasteiger partial charge < -0.3 is 9.47 Å². The predicted octanol–water partition coefficient (Wildman–Crippen LogP) is 4.55. The standard InChI is InChI=1S/C16H24O2/c1-12(2)8-15-10-13(3)9-14(11-15)4-5-16-17-6-7-18-16/h6-7,9,12,15-16H,3-5,8,10-11H2,1-2H3. The SMILES string of the molecule is C=C1C=C(CCC2OC=CO2)CC(CC(C)C)C1. The molecule has 0 amide bonds. The lowest BCUT2D eigenvalue weighted by atomic mass is 9.80. The van der Waals surface area contributed by atoms with E-state index in [0.717, 1.165) is 24.7 Å². The van der Waals surface area contributed by atoms with E-state index in [-0.39, 0.29) is 6.29 Å². The van der Waals surface area contributed by atoms with Crippen molar-refractivity contribution in [3.8, 4) is 0 Å². The molecule has 18 heavy (non-hydrogen) atoms. The maximum Gasteiger partial charge on any atom is 0.240 e. The van der Waals surface area contributed by atoms with Gasteiger partial charge in [-0.3, -0.25) is 0 Å². The summed E-state index contributed by atoms with van der Waals surface area (Å²) in [5.74, 6) is 1.55. The molecule has 2 aliphatic rings. The molecule has 0 spiro atoms. The highest BCUT2D eigenvalue weighted by Crippen LogP contribution is 2.33. The normalized spacial score (nSPS) is 24.1. The molecule has 2 heteroatoms. The Morgan fingerprint density at radius 1 is 1.28 bits per heavy atom. The molecular formula is C16H24O2. The number of hydrogen-bond donors (Lipinski definition) is 0. The van der Waals surface area contributed by atoms with Crippen molar-refractivity contribution < 1.29 is 9.47 Å². The zero-order valence-corrected chi connectivity index (χ0v) is 11.5. The largest absolute Gasteiger partial charge is 0.459 e. The van der Waals surface area contributed by atoms with Gasteiger partial charge in [0.1, 0.15) is 12.5 Å². The van der Waals surface area contributed by atoms with Gasteiger partial charge >= 0.3 is 0 Å². The third-order valence-electron chi connectivity index (χ3n) is 3.53. The van der Waals surface area contributed by atoms with Crippen LogP contribution in [0.25, 0.3) is 0 Å². The van der Waals surface area contributed by atoms with E-state index in [4.69, 9.17) is 9.47 Å². The lowest BCUT2D eigenvalue weighted by molar-refractivity contribution is -0.0277. The average Bonchev–Trinajstić information content (AvgIpc) is 2.77. The first-order valence-electron chi connectivity index (χ1n) is 6.96. The molecule has 0 N–H and O–H groups in total. The summed E-state index contributed by atoms with van der Waals surface area (Å²) < 4.78 is 10.6. The zero-order valence-electron chi connectivity index (χ0n) is 11.5. The molecule has 0 saturated carbocycles. The van der Waals surface area contributed by atoms with Gasteiger partial charge in [0.15, 0.2) is 0 Å². The van der Waals surface area contributed by atoms with Crippen molar-refractivity contribution in [2.75, 3.05) is 0 Å². The van der Waals surface area contributed by atoms with Crippen LogP contribution in [0.15, 0.2) is 36.3 Å². The molecule has 0 fully saturated rings. The van der Waals surface area contributed by atoms with Crippen molar-refractivity contribution in [2.24, 2.45) is 11.8 Å². The Bertz CT molecular complexity index is 344. The van der Waals surface area contributed by atoms with Crippen LogP contribution in [0.4, 0.5) is 0 Å². The fourth-order valence-electron chi connectivity index (χ4n) is 2.94. The minimum atomic E-state index is -0.0790. The lowest BCUT2D eigenvalue weighted by Gasteiger charge is -2.26. The second kappa shape index (κ2) is 6.12. The van der Waals surface area contributed by atoms with Gasteiger partial charge in [-0.05, 0) is 37.5 Å². The second-order valence-corrected chi connectivity index (χ2v) is 5.88. The summed E-state index contributed by atoms with van der Waals surface area (Å²) in [6, 6.07) is 0. The van der Waals surface area contributed by atoms with Gasteiger partial charge in [-0.15, -0.1) is 0 Å². The number of allylic oxidation sites excluding steroid dienone is 3. The van der Waals surface area contributed by atoms with Crippen LogP contribution < -0.4 is 0 Å². The second-order valence-electron chi connectivity index (χ2n) is 5.88. The summed E-state index contributed by atoms with van der Waals surface area (Å²) in [7, 11) is 0. The van der Waals surface area contributed by atoms with E-state index in [9.17, 15) is 0 Å². The summed E-state index contributed by atoms with van der Waals surface area (Å²) >= 11 is 0. The monoisotopic (exact) mass is 248 g/mol. The van der Waals surface area contributed by atoms with Crippen LogP contribution in [-0.4, -0.2) is 6.29 Å². The Labute approximate surface area is 110 Å². The van der Waals surface area contributed by atoms with E-state index in [1.807, 2.05) is 0 Å². The maximum absolute atomic E-state index is 5.31. The molecule has 0 aromatic rings. The minimum absolute atomic E-state index is 0.0790. The quantitative estimate of drug-likeness (QED) is 0.710.